The molecule has 1 amide bonds. The first-order chi connectivity index (χ1) is 15.7. The van der Waals surface area contributed by atoms with Gasteiger partial charge >= 0.3 is 0 Å². The van der Waals surface area contributed by atoms with Crippen molar-refractivity contribution in [1.29, 1.82) is 0 Å². The number of likely N-dealkylation sites (tertiary alicyclic amines) is 1. The fraction of sp³-hybridized carbons (Fsp3) is 0.222. The SMILES string of the molecule is O=C(Nc1ccc(CN2CCCC2)cc1)c1cc2cc(OCc3ccccc3)ccc2[nH]1. The number of hydrogen-bond acceptors (Lipinski definition) is 3. The molecule has 2 heterocycles. The Balaban J connectivity index is 1.22. The molecule has 1 aromatic heterocycles. The Morgan fingerprint density at radius 1 is 0.906 bits per heavy atom. The summed E-state index contributed by atoms with van der Waals surface area (Å²) in [5.41, 5.74) is 4.63. The van der Waals surface area contributed by atoms with E-state index in [4.69, 9.17) is 4.74 Å². The zero-order valence-corrected chi connectivity index (χ0v) is 18.0. The molecular formula is C27H27N3O2. The minimum absolute atomic E-state index is 0.153. The monoisotopic (exact) mass is 425 g/mol. The number of H-pyrrole nitrogens is 1. The van der Waals surface area contributed by atoms with Gasteiger partial charge in [-0.3, -0.25) is 9.69 Å². The molecule has 2 N–H and O–H groups in total. The molecule has 1 fully saturated rings. The fourth-order valence-corrected chi connectivity index (χ4v) is 4.15. The summed E-state index contributed by atoms with van der Waals surface area (Å²) in [6, 6.07) is 25.9. The number of anilines is 1. The lowest BCUT2D eigenvalue weighted by Crippen LogP contribution is -2.18. The Hall–Kier alpha value is -3.57. The summed E-state index contributed by atoms with van der Waals surface area (Å²) in [6.45, 7) is 3.85. The topological polar surface area (TPSA) is 57.4 Å². The van der Waals surface area contributed by atoms with Crippen LogP contribution in [0.25, 0.3) is 10.9 Å². The maximum atomic E-state index is 12.8. The van der Waals surface area contributed by atoms with Crippen molar-refractivity contribution in [2.75, 3.05) is 18.4 Å². The normalized spacial score (nSPS) is 14.0. The number of carbonyl (C=O) groups excluding carboxylic acids is 1. The number of carbonyl (C=O) groups is 1. The maximum absolute atomic E-state index is 12.8. The highest BCUT2D eigenvalue weighted by Crippen LogP contribution is 2.23. The van der Waals surface area contributed by atoms with E-state index in [0.29, 0.717) is 12.3 Å². The molecule has 0 saturated carbocycles. The highest BCUT2D eigenvalue weighted by atomic mass is 16.5. The van der Waals surface area contributed by atoms with Crippen molar-refractivity contribution in [2.45, 2.75) is 26.0 Å². The number of rotatable bonds is 7. The van der Waals surface area contributed by atoms with Crippen LogP contribution in [-0.4, -0.2) is 28.9 Å². The van der Waals surface area contributed by atoms with E-state index < -0.39 is 0 Å². The quantitative estimate of drug-likeness (QED) is 0.405. The number of fused-ring (bicyclic) bond motifs is 1. The maximum Gasteiger partial charge on any atom is 0.272 e. The summed E-state index contributed by atoms with van der Waals surface area (Å²) in [4.78, 5) is 18.4. The Kier molecular flexibility index (Phi) is 5.90. The van der Waals surface area contributed by atoms with E-state index >= 15 is 0 Å². The van der Waals surface area contributed by atoms with E-state index in [-0.39, 0.29) is 5.91 Å². The van der Waals surface area contributed by atoms with Gasteiger partial charge in [-0.1, -0.05) is 42.5 Å². The van der Waals surface area contributed by atoms with Gasteiger partial charge in [0.1, 0.15) is 18.1 Å². The predicted octanol–water partition coefficient (Wildman–Crippen LogP) is 5.60. The van der Waals surface area contributed by atoms with E-state index in [1.165, 1.54) is 31.5 Å². The molecule has 32 heavy (non-hydrogen) atoms. The van der Waals surface area contributed by atoms with Crippen molar-refractivity contribution in [2.24, 2.45) is 0 Å². The van der Waals surface area contributed by atoms with Gasteiger partial charge in [0.15, 0.2) is 0 Å². The number of benzene rings is 3. The van der Waals surface area contributed by atoms with Crippen LogP contribution in [0.4, 0.5) is 5.69 Å². The second-order valence-electron chi connectivity index (χ2n) is 8.34. The van der Waals surface area contributed by atoms with Gasteiger partial charge in [0.25, 0.3) is 5.91 Å². The molecule has 1 saturated heterocycles. The molecule has 1 aliphatic rings. The second-order valence-corrected chi connectivity index (χ2v) is 8.34. The summed E-state index contributed by atoms with van der Waals surface area (Å²) < 4.78 is 5.91. The molecule has 5 heteroatoms. The summed E-state index contributed by atoms with van der Waals surface area (Å²) >= 11 is 0. The number of ether oxygens (including phenoxy) is 1. The highest BCUT2D eigenvalue weighted by Gasteiger charge is 2.13. The molecule has 0 aliphatic carbocycles. The van der Waals surface area contributed by atoms with Crippen LogP contribution in [0, 0.1) is 0 Å². The lowest BCUT2D eigenvalue weighted by Gasteiger charge is -2.14. The van der Waals surface area contributed by atoms with E-state index in [9.17, 15) is 4.79 Å². The van der Waals surface area contributed by atoms with Crippen LogP contribution >= 0.6 is 0 Å². The van der Waals surface area contributed by atoms with Crippen molar-refractivity contribution in [1.82, 2.24) is 9.88 Å². The van der Waals surface area contributed by atoms with Crippen molar-refractivity contribution < 1.29 is 9.53 Å². The zero-order chi connectivity index (χ0) is 21.8. The van der Waals surface area contributed by atoms with Gasteiger partial charge in [0, 0.05) is 23.1 Å². The fourth-order valence-electron chi connectivity index (χ4n) is 4.15. The van der Waals surface area contributed by atoms with E-state index in [2.05, 4.69) is 27.3 Å². The molecule has 5 rings (SSSR count). The Morgan fingerprint density at radius 3 is 2.47 bits per heavy atom. The van der Waals surface area contributed by atoms with E-state index in [1.54, 1.807) is 0 Å². The minimum Gasteiger partial charge on any atom is -0.489 e. The lowest BCUT2D eigenvalue weighted by atomic mass is 10.2. The first kappa shape index (κ1) is 20.3. The average Bonchev–Trinajstić information content (AvgIpc) is 3.49. The number of amides is 1. The van der Waals surface area contributed by atoms with Crippen LogP contribution in [0.3, 0.4) is 0 Å². The van der Waals surface area contributed by atoms with Gasteiger partial charge in [-0.15, -0.1) is 0 Å². The molecule has 3 aromatic carbocycles. The van der Waals surface area contributed by atoms with Gasteiger partial charge in [-0.2, -0.15) is 0 Å². The van der Waals surface area contributed by atoms with E-state index in [0.717, 1.165) is 34.4 Å². The van der Waals surface area contributed by atoms with Gasteiger partial charge in [-0.25, -0.2) is 0 Å². The smallest absolute Gasteiger partial charge is 0.272 e. The van der Waals surface area contributed by atoms with Crippen molar-refractivity contribution in [3.8, 4) is 5.75 Å². The number of nitrogens with one attached hydrogen (secondary N) is 2. The summed E-state index contributed by atoms with van der Waals surface area (Å²) in [5.74, 6) is 0.626. The van der Waals surface area contributed by atoms with E-state index in [1.807, 2.05) is 66.7 Å². The predicted molar refractivity (Wildman–Crippen MR) is 128 cm³/mol. The first-order valence-corrected chi connectivity index (χ1v) is 11.2. The van der Waals surface area contributed by atoms with Crippen LogP contribution < -0.4 is 10.1 Å². The molecule has 4 aromatic rings. The number of aromatic nitrogens is 1. The molecule has 0 bridgehead atoms. The minimum atomic E-state index is -0.153. The van der Waals surface area contributed by atoms with Gasteiger partial charge < -0.3 is 15.0 Å². The third kappa shape index (κ3) is 4.84. The average molecular weight is 426 g/mol. The van der Waals surface area contributed by atoms with Crippen LogP contribution in [0.2, 0.25) is 0 Å². The summed E-state index contributed by atoms with van der Waals surface area (Å²) in [6.07, 6.45) is 2.58. The standard InChI is InChI=1S/C27H27N3O2/c31-27(28-23-10-8-20(9-11-23)18-30-14-4-5-15-30)26-17-22-16-24(12-13-25(22)29-26)32-19-21-6-2-1-3-7-21/h1-3,6-13,16-17,29H,4-5,14-15,18-19H2,(H,28,31). The third-order valence-corrected chi connectivity index (χ3v) is 5.90. The number of nitrogens with zero attached hydrogens (tertiary/aromatic N) is 1. The lowest BCUT2D eigenvalue weighted by molar-refractivity contribution is 0.102. The third-order valence-electron chi connectivity index (χ3n) is 5.90. The zero-order valence-electron chi connectivity index (χ0n) is 18.0. The van der Waals surface area contributed by atoms with Crippen LogP contribution in [0.1, 0.15) is 34.5 Å². The first-order valence-electron chi connectivity index (χ1n) is 11.2. The molecule has 0 unspecified atom stereocenters. The van der Waals surface area contributed by atoms with Gasteiger partial charge in [0.2, 0.25) is 0 Å². The molecule has 5 nitrogen and oxygen atoms in total. The number of hydrogen-bond donors (Lipinski definition) is 2. The molecule has 0 spiro atoms. The molecular weight excluding hydrogens is 398 g/mol. The van der Waals surface area contributed by atoms with Gasteiger partial charge in [0.05, 0.1) is 0 Å². The molecule has 1 aliphatic heterocycles. The van der Waals surface area contributed by atoms with Gasteiger partial charge in [-0.05, 0) is 73.5 Å². The highest BCUT2D eigenvalue weighted by molar-refractivity contribution is 6.06. The largest absolute Gasteiger partial charge is 0.489 e. The van der Waals surface area contributed by atoms with Crippen LogP contribution in [0.15, 0.2) is 78.9 Å². The Bertz CT molecular complexity index is 1190. The molecule has 0 atom stereocenters. The Labute approximate surface area is 188 Å². The second kappa shape index (κ2) is 9.28. The Morgan fingerprint density at radius 2 is 1.69 bits per heavy atom. The molecule has 162 valence electrons. The summed E-state index contributed by atoms with van der Waals surface area (Å²) in [5, 5.41) is 3.93. The van der Waals surface area contributed by atoms with Crippen molar-refractivity contribution in [3.63, 3.8) is 0 Å². The molecule has 0 radical (unpaired) electrons. The van der Waals surface area contributed by atoms with Crippen LogP contribution in [0.5, 0.6) is 5.75 Å². The van der Waals surface area contributed by atoms with Crippen molar-refractivity contribution >= 4 is 22.5 Å². The number of aromatic amines is 1. The van der Waals surface area contributed by atoms with Crippen LogP contribution in [-0.2, 0) is 13.2 Å². The van der Waals surface area contributed by atoms with Crippen molar-refractivity contribution in [3.05, 3.63) is 95.7 Å². The summed E-state index contributed by atoms with van der Waals surface area (Å²) in [7, 11) is 0.